The fourth-order valence-corrected chi connectivity index (χ4v) is 7.75. The summed E-state index contributed by atoms with van der Waals surface area (Å²) in [5.41, 5.74) is 1.63. The number of amides is 1. The topological polar surface area (TPSA) is 72.6 Å². The van der Waals surface area contributed by atoms with Gasteiger partial charge in [0.2, 0.25) is 0 Å². The number of benzene rings is 1. The maximum atomic E-state index is 14.6. The lowest BCUT2D eigenvalue weighted by atomic mass is 10.0. The van der Waals surface area contributed by atoms with Gasteiger partial charge in [-0.2, -0.15) is 5.26 Å². The van der Waals surface area contributed by atoms with Crippen molar-refractivity contribution in [1.82, 2.24) is 9.47 Å². The van der Waals surface area contributed by atoms with Crippen LogP contribution in [0.25, 0.3) is 6.08 Å². The third kappa shape index (κ3) is 9.26. The fourth-order valence-electron chi connectivity index (χ4n) is 6.46. The zero-order valence-electron chi connectivity index (χ0n) is 28.4. The van der Waals surface area contributed by atoms with Gasteiger partial charge in [0.25, 0.3) is 11.5 Å². The number of carbonyl (C=O) groups is 1. The van der Waals surface area contributed by atoms with Gasteiger partial charge in [0.15, 0.2) is 0 Å². The third-order valence-electron chi connectivity index (χ3n) is 9.24. The van der Waals surface area contributed by atoms with E-state index in [1.165, 1.54) is 69.2 Å². The lowest BCUT2D eigenvalue weighted by Crippen LogP contribution is -2.49. The molecule has 0 spiro atoms. The number of thioether (sulfide) groups is 1. The van der Waals surface area contributed by atoms with Gasteiger partial charge in [-0.05, 0) is 43.5 Å². The van der Waals surface area contributed by atoms with Crippen molar-refractivity contribution < 1.29 is 9.18 Å². The lowest BCUT2D eigenvalue weighted by Gasteiger charge is -2.39. The summed E-state index contributed by atoms with van der Waals surface area (Å²) in [6.45, 7) is 9.43. The molecule has 2 fully saturated rings. The molecule has 0 atom stereocenters. The molecule has 254 valence electrons. The van der Waals surface area contributed by atoms with Gasteiger partial charge in [-0.25, -0.2) is 4.39 Å². The Balaban J connectivity index is 1.53. The number of para-hydroxylation sites is 1. The van der Waals surface area contributed by atoms with Gasteiger partial charge < -0.3 is 9.80 Å². The first-order chi connectivity index (χ1) is 22.8. The van der Waals surface area contributed by atoms with Crippen LogP contribution in [0.15, 0.2) is 34.0 Å². The molecule has 1 aromatic carbocycles. The number of nitriles is 1. The van der Waals surface area contributed by atoms with Gasteiger partial charge in [0, 0.05) is 44.8 Å². The van der Waals surface area contributed by atoms with E-state index in [2.05, 4.69) is 24.8 Å². The lowest BCUT2D eigenvalue weighted by molar-refractivity contribution is -0.122. The van der Waals surface area contributed by atoms with E-state index in [1.807, 2.05) is 17.0 Å². The maximum absolute atomic E-state index is 14.6. The normalized spacial score (nSPS) is 16.1. The summed E-state index contributed by atoms with van der Waals surface area (Å²) < 4.78 is 16.8. The Labute approximate surface area is 289 Å². The molecule has 4 rings (SSSR count). The van der Waals surface area contributed by atoms with Crippen molar-refractivity contribution in [2.45, 2.75) is 104 Å². The quantitative estimate of drug-likeness (QED) is 0.0945. The van der Waals surface area contributed by atoms with Gasteiger partial charge in [0.1, 0.15) is 27.6 Å². The summed E-state index contributed by atoms with van der Waals surface area (Å²) in [4.78, 5) is 33.8. The predicted octanol–water partition coefficient (Wildman–Crippen LogP) is 8.42. The first-order valence-corrected chi connectivity index (χ1v) is 18.7. The maximum Gasteiger partial charge on any atom is 0.270 e. The number of piperazine rings is 1. The molecule has 0 unspecified atom stereocenters. The SMILES string of the molecule is CCCCCCCCCCCCN1C(=O)/C(=C/c2c(C)c(C#N)c(=O)n(CCCC)c2N2CCN(c3ccccc3F)CC2)SC1=S. The van der Waals surface area contributed by atoms with Gasteiger partial charge in [-0.1, -0.05) is 114 Å². The van der Waals surface area contributed by atoms with Gasteiger partial charge in [-0.15, -0.1) is 0 Å². The highest BCUT2D eigenvalue weighted by Crippen LogP contribution is 2.36. The van der Waals surface area contributed by atoms with Crippen molar-refractivity contribution in [1.29, 1.82) is 5.26 Å². The molecule has 0 N–H and O–H groups in total. The number of thiocarbonyl (C=S) groups is 1. The zero-order chi connectivity index (χ0) is 33.8. The van der Waals surface area contributed by atoms with Crippen LogP contribution in [0.5, 0.6) is 0 Å². The van der Waals surface area contributed by atoms with E-state index in [-0.39, 0.29) is 22.8 Å². The average Bonchev–Trinajstić information content (AvgIpc) is 3.34. The number of unbranched alkanes of at least 4 members (excludes halogenated alkanes) is 10. The number of carbonyl (C=O) groups excluding carboxylic acids is 1. The molecule has 2 saturated heterocycles. The molecule has 3 heterocycles. The van der Waals surface area contributed by atoms with Gasteiger partial charge in [-0.3, -0.25) is 19.1 Å². The van der Waals surface area contributed by atoms with E-state index in [0.29, 0.717) is 71.1 Å². The number of anilines is 2. The van der Waals surface area contributed by atoms with Gasteiger partial charge in [0.05, 0.1) is 10.6 Å². The second-order valence-corrected chi connectivity index (χ2v) is 14.3. The molecule has 2 aliphatic rings. The van der Waals surface area contributed by atoms with Crippen molar-refractivity contribution in [2.24, 2.45) is 0 Å². The minimum absolute atomic E-state index is 0.0990. The molecule has 0 radical (unpaired) electrons. The Morgan fingerprint density at radius 3 is 2.09 bits per heavy atom. The molecular formula is C37H50FN5O2S2. The summed E-state index contributed by atoms with van der Waals surface area (Å²) in [6, 6.07) is 8.92. The highest BCUT2D eigenvalue weighted by Gasteiger charge is 2.33. The second-order valence-electron chi connectivity index (χ2n) is 12.6. The monoisotopic (exact) mass is 679 g/mol. The van der Waals surface area contributed by atoms with Crippen LogP contribution in [0.2, 0.25) is 0 Å². The highest BCUT2D eigenvalue weighted by atomic mass is 32.2. The van der Waals surface area contributed by atoms with E-state index in [9.17, 15) is 19.2 Å². The molecule has 0 aliphatic carbocycles. The summed E-state index contributed by atoms with van der Waals surface area (Å²) in [5.74, 6) is 0.346. The molecular weight excluding hydrogens is 630 g/mol. The van der Waals surface area contributed by atoms with E-state index in [0.717, 1.165) is 25.7 Å². The summed E-state index contributed by atoms with van der Waals surface area (Å²) in [7, 11) is 0. The Morgan fingerprint density at radius 1 is 0.872 bits per heavy atom. The van der Waals surface area contributed by atoms with Crippen molar-refractivity contribution in [2.75, 3.05) is 42.5 Å². The Bertz CT molecular complexity index is 1520. The predicted molar refractivity (Wildman–Crippen MR) is 198 cm³/mol. The van der Waals surface area contributed by atoms with Crippen molar-refractivity contribution in [3.05, 3.63) is 62.0 Å². The number of hydrogen-bond donors (Lipinski definition) is 0. The smallest absolute Gasteiger partial charge is 0.270 e. The molecule has 47 heavy (non-hydrogen) atoms. The molecule has 0 saturated carbocycles. The Hall–Kier alpha value is -3.16. The van der Waals surface area contributed by atoms with Crippen LogP contribution >= 0.6 is 24.0 Å². The van der Waals surface area contributed by atoms with Crippen LogP contribution in [-0.4, -0.2) is 52.4 Å². The molecule has 7 nitrogen and oxygen atoms in total. The van der Waals surface area contributed by atoms with Crippen molar-refractivity contribution >= 4 is 51.8 Å². The second kappa shape index (κ2) is 18.4. The number of nitrogens with zero attached hydrogens (tertiary/aromatic N) is 5. The van der Waals surface area contributed by atoms with Crippen LogP contribution in [0.3, 0.4) is 0 Å². The van der Waals surface area contributed by atoms with Crippen molar-refractivity contribution in [3.8, 4) is 6.07 Å². The van der Waals surface area contributed by atoms with Crippen LogP contribution in [0.4, 0.5) is 15.9 Å². The first-order valence-electron chi connectivity index (χ1n) is 17.5. The number of hydrogen-bond acceptors (Lipinski definition) is 7. The van der Waals surface area contributed by atoms with Crippen molar-refractivity contribution in [3.63, 3.8) is 0 Å². The zero-order valence-corrected chi connectivity index (χ0v) is 30.0. The van der Waals surface area contributed by atoms with Crippen LogP contribution in [0.1, 0.15) is 108 Å². The van der Waals surface area contributed by atoms with Crippen LogP contribution in [-0.2, 0) is 11.3 Å². The minimum atomic E-state index is -0.310. The average molecular weight is 680 g/mol. The minimum Gasteiger partial charge on any atom is -0.366 e. The van der Waals surface area contributed by atoms with E-state index >= 15 is 0 Å². The van der Waals surface area contributed by atoms with E-state index in [1.54, 1.807) is 28.5 Å². The largest absolute Gasteiger partial charge is 0.366 e. The fraction of sp³-hybridized carbons (Fsp3) is 0.568. The molecule has 1 amide bonds. The summed E-state index contributed by atoms with van der Waals surface area (Å²) >= 11 is 6.96. The highest BCUT2D eigenvalue weighted by molar-refractivity contribution is 8.26. The number of rotatable bonds is 17. The Kier molecular flexibility index (Phi) is 14.4. The first kappa shape index (κ1) is 36.7. The standard InChI is InChI=1S/C37H50FN5O2S2/c1-4-6-8-9-10-11-12-13-14-17-21-43-36(45)33(47-37(43)46)26-29-28(3)30(27-39)35(44)42(20-7-5-2)34(29)41-24-22-40(23-25-41)32-19-16-15-18-31(32)38/h15-16,18-19,26H,4-14,17,20-25H2,1-3H3/b33-26-. The molecule has 2 aliphatic heterocycles. The van der Waals surface area contributed by atoms with Crippen LogP contribution < -0.4 is 15.4 Å². The number of pyridine rings is 1. The van der Waals surface area contributed by atoms with Gasteiger partial charge >= 0.3 is 0 Å². The molecule has 0 bridgehead atoms. The van der Waals surface area contributed by atoms with E-state index < -0.39 is 0 Å². The van der Waals surface area contributed by atoms with E-state index in [4.69, 9.17) is 12.2 Å². The molecule has 1 aromatic heterocycles. The summed E-state index contributed by atoms with van der Waals surface area (Å²) in [6.07, 6.45) is 15.7. The number of halogens is 1. The number of aromatic nitrogens is 1. The Morgan fingerprint density at radius 2 is 1.47 bits per heavy atom. The third-order valence-corrected chi connectivity index (χ3v) is 10.6. The summed E-state index contributed by atoms with van der Waals surface area (Å²) in [5, 5.41) is 10.0. The molecule has 2 aromatic rings. The molecule has 10 heteroatoms. The van der Waals surface area contributed by atoms with Crippen LogP contribution in [0, 0.1) is 24.1 Å².